The molecule has 3 aromatic rings. The van der Waals surface area contributed by atoms with Gasteiger partial charge in [-0.05, 0) is 42.7 Å². The van der Waals surface area contributed by atoms with E-state index in [0.29, 0.717) is 0 Å². The summed E-state index contributed by atoms with van der Waals surface area (Å²) in [5.41, 5.74) is 1.74. The zero-order valence-electron chi connectivity index (χ0n) is 12.5. The van der Waals surface area contributed by atoms with Gasteiger partial charge in [0.25, 0.3) is 10.0 Å². The summed E-state index contributed by atoms with van der Waals surface area (Å²) in [6, 6.07) is 20.0. The molecule has 0 amide bonds. The summed E-state index contributed by atoms with van der Waals surface area (Å²) in [4.78, 5) is 3.99. The molecule has 3 rings (SSSR count). The van der Waals surface area contributed by atoms with Gasteiger partial charge in [-0.1, -0.05) is 30.3 Å². The third kappa shape index (κ3) is 3.43. The minimum Gasteiger partial charge on any atom is -0.253 e. The molecule has 2 aromatic carbocycles. The molecule has 0 radical (unpaired) electrons. The molecule has 0 fully saturated rings. The number of thioether (sulfide) groups is 1. The standard InChI is InChI=1S/C17H16N2O2S2/c1-22-15-11-9-14(10-12-15)17-8-5-13-19(17)18-23(20,21)16-6-3-2-4-7-16/h2-13,18H,1H3. The van der Waals surface area contributed by atoms with Crippen molar-refractivity contribution in [3.05, 3.63) is 72.9 Å². The Bertz CT molecular complexity index is 886. The summed E-state index contributed by atoms with van der Waals surface area (Å²) in [6.45, 7) is 0. The Labute approximate surface area is 140 Å². The van der Waals surface area contributed by atoms with E-state index >= 15 is 0 Å². The third-order valence-electron chi connectivity index (χ3n) is 3.41. The molecule has 0 aliphatic carbocycles. The fourth-order valence-electron chi connectivity index (χ4n) is 2.24. The molecule has 1 aromatic heterocycles. The van der Waals surface area contributed by atoms with E-state index in [-0.39, 0.29) is 4.90 Å². The van der Waals surface area contributed by atoms with Crippen LogP contribution in [0.4, 0.5) is 0 Å². The van der Waals surface area contributed by atoms with E-state index in [1.807, 2.05) is 42.7 Å². The van der Waals surface area contributed by atoms with Gasteiger partial charge in [0.05, 0.1) is 10.6 Å². The Hall–Kier alpha value is -2.18. The molecule has 1 heterocycles. The first-order chi connectivity index (χ1) is 11.1. The van der Waals surface area contributed by atoms with E-state index in [1.165, 1.54) is 4.68 Å². The van der Waals surface area contributed by atoms with Gasteiger partial charge < -0.3 is 0 Å². The number of nitrogens with one attached hydrogen (secondary N) is 1. The van der Waals surface area contributed by atoms with Crippen LogP contribution in [0.5, 0.6) is 0 Å². The first-order valence-corrected chi connectivity index (χ1v) is 9.70. The van der Waals surface area contributed by atoms with Crippen LogP contribution in [0.25, 0.3) is 11.3 Å². The second kappa shape index (κ2) is 6.52. The van der Waals surface area contributed by atoms with Crippen LogP contribution >= 0.6 is 11.8 Å². The lowest BCUT2D eigenvalue weighted by atomic mass is 10.2. The van der Waals surface area contributed by atoms with Crippen molar-refractivity contribution in [1.82, 2.24) is 4.68 Å². The number of sulfonamides is 1. The van der Waals surface area contributed by atoms with E-state index in [2.05, 4.69) is 4.83 Å². The summed E-state index contributed by atoms with van der Waals surface area (Å²) < 4.78 is 26.4. The van der Waals surface area contributed by atoms with Crippen molar-refractivity contribution < 1.29 is 8.42 Å². The van der Waals surface area contributed by atoms with Gasteiger partial charge in [0.1, 0.15) is 0 Å². The molecule has 118 valence electrons. The second-order valence-electron chi connectivity index (χ2n) is 4.90. The average Bonchev–Trinajstić information content (AvgIpc) is 3.03. The Kier molecular flexibility index (Phi) is 4.45. The molecule has 0 unspecified atom stereocenters. The monoisotopic (exact) mass is 344 g/mol. The van der Waals surface area contributed by atoms with Gasteiger partial charge in [-0.15, -0.1) is 11.8 Å². The van der Waals surface area contributed by atoms with Crippen LogP contribution in [0, 0.1) is 0 Å². The van der Waals surface area contributed by atoms with Crippen LogP contribution < -0.4 is 4.83 Å². The highest BCUT2D eigenvalue weighted by atomic mass is 32.2. The predicted octanol–water partition coefficient (Wildman–Crippen LogP) is 3.81. The van der Waals surface area contributed by atoms with E-state index in [1.54, 1.807) is 48.3 Å². The number of hydrogen-bond acceptors (Lipinski definition) is 3. The Morgan fingerprint density at radius 2 is 1.61 bits per heavy atom. The van der Waals surface area contributed by atoms with Gasteiger partial charge in [0.15, 0.2) is 0 Å². The lowest BCUT2D eigenvalue weighted by Gasteiger charge is -2.13. The van der Waals surface area contributed by atoms with E-state index < -0.39 is 10.0 Å². The fourth-order valence-corrected chi connectivity index (χ4v) is 3.69. The van der Waals surface area contributed by atoms with Crippen molar-refractivity contribution in [2.45, 2.75) is 9.79 Å². The lowest BCUT2D eigenvalue weighted by Crippen LogP contribution is -2.23. The number of nitrogens with zero attached hydrogens (tertiary/aromatic N) is 1. The molecule has 6 heteroatoms. The molecular formula is C17H16N2O2S2. The van der Waals surface area contributed by atoms with Gasteiger partial charge >= 0.3 is 0 Å². The quantitative estimate of drug-likeness (QED) is 0.716. The van der Waals surface area contributed by atoms with Gasteiger partial charge in [-0.2, -0.15) is 8.42 Å². The predicted molar refractivity (Wildman–Crippen MR) is 94.6 cm³/mol. The molecule has 0 saturated heterocycles. The van der Waals surface area contributed by atoms with Crippen LogP contribution in [0.15, 0.2) is 82.7 Å². The summed E-state index contributed by atoms with van der Waals surface area (Å²) in [6.07, 6.45) is 3.71. The van der Waals surface area contributed by atoms with E-state index in [9.17, 15) is 8.42 Å². The normalized spacial score (nSPS) is 11.3. The van der Waals surface area contributed by atoms with E-state index in [0.717, 1.165) is 16.2 Å². The second-order valence-corrected chi connectivity index (χ2v) is 7.44. The van der Waals surface area contributed by atoms with Gasteiger partial charge in [0, 0.05) is 16.7 Å². The molecule has 0 aliphatic heterocycles. The van der Waals surface area contributed by atoms with Crippen LogP contribution in [0.3, 0.4) is 0 Å². The maximum Gasteiger partial charge on any atom is 0.275 e. The fraction of sp³-hybridized carbons (Fsp3) is 0.0588. The van der Waals surface area contributed by atoms with Crippen LogP contribution in [0.2, 0.25) is 0 Å². The van der Waals surface area contributed by atoms with Crippen molar-refractivity contribution in [3.63, 3.8) is 0 Å². The molecule has 0 atom stereocenters. The van der Waals surface area contributed by atoms with Gasteiger partial charge in [0.2, 0.25) is 0 Å². The Balaban J connectivity index is 1.92. The highest BCUT2D eigenvalue weighted by Gasteiger charge is 2.15. The summed E-state index contributed by atoms with van der Waals surface area (Å²) in [5.74, 6) is 0. The number of hydrogen-bond donors (Lipinski definition) is 1. The highest BCUT2D eigenvalue weighted by Crippen LogP contribution is 2.23. The minimum absolute atomic E-state index is 0.234. The molecule has 1 N–H and O–H groups in total. The molecule has 4 nitrogen and oxygen atoms in total. The van der Waals surface area contributed by atoms with Crippen molar-refractivity contribution in [1.29, 1.82) is 0 Å². The Morgan fingerprint density at radius 1 is 0.913 bits per heavy atom. The lowest BCUT2D eigenvalue weighted by molar-refractivity contribution is 0.595. The largest absolute Gasteiger partial charge is 0.275 e. The number of rotatable bonds is 5. The molecule has 0 spiro atoms. The summed E-state index contributed by atoms with van der Waals surface area (Å²) in [7, 11) is -3.62. The van der Waals surface area contributed by atoms with Crippen LogP contribution in [0.1, 0.15) is 0 Å². The van der Waals surface area contributed by atoms with Gasteiger partial charge in [-0.25, -0.2) is 4.83 Å². The zero-order chi connectivity index (χ0) is 16.3. The Morgan fingerprint density at radius 3 is 2.26 bits per heavy atom. The topological polar surface area (TPSA) is 51.1 Å². The molecule has 23 heavy (non-hydrogen) atoms. The van der Waals surface area contributed by atoms with Gasteiger partial charge in [-0.3, -0.25) is 4.68 Å². The van der Waals surface area contributed by atoms with Crippen LogP contribution in [-0.4, -0.2) is 19.3 Å². The van der Waals surface area contributed by atoms with E-state index in [4.69, 9.17) is 0 Å². The zero-order valence-corrected chi connectivity index (χ0v) is 14.1. The molecule has 0 saturated carbocycles. The first kappa shape index (κ1) is 15.7. The maximum absolute atomic E-state index is 12.4. The average molecular weight is 344 g/mol. The molecular weight excluding hydrogens is 328 g/mol. The van der Waals surface area contributed by atoms with Crippen molar-refractivity contribution in [3.8, 4) is 11.3 Å². The number of benzene rings is 2. The van der Waals surface area contributed by atoms with Crippen molar-refractivity contribution in [2.24, 2.45) is 0 Å². The SMILES string of the molecule is CSc1ccc(-c2cccn2NS(=O)(=O)c2ccccc2)cc1. The third-order valence-corrected chi connectivity index (χ3v) is 5.48. The smallest absolute Gasteiger partial charge is 0.253 e. The molecule has 0 aliphatic rings. The summed E-state index contributed by atoms with van der Waals surface area (Å²) >= 11 is 1.67. The molecule has 0 bridgehead atoms. The maximum atomic E-state index is 12.4. The van der Waals surface area contributed by atoms with Crippen molar-refractivity contribution >= 4 is 21.8 Å². The number of aromatic nitrogens is 1. The minimum atomic E-state index is -3.62. The van der Waals surface area contributed by atoms with Crippen molar-refractivity contribution in [2.75, 3.05) is 11.1 Å². The van der Waals surface area contributed by atoms with Crippen LogP contribution in [-0.2, 0) is 10.0 Å². The first-order valence-electron chi connectivity index (χ1n) is 7.00. The highest BCUT2D eigenvalue weighted by molar-refractivity contribution is 7.98. The summed E-state index contributed by atoms with van der Waals surface area (Å²) in [5, 5.41) is 0.